The zero-order valence-electron chi connectivity index (χ0n) is 31.5. The topological polar surface area (TPSA) is 125 Å². The predicted molar refractivity (Wildman–Crippen MR) is 218 cm³/mol. The molecule has 12 heteroatoms. The molecule has 9 nitrogen and oxygen atoms in total. The van der Waals surface area contributed by atoms with Gasteiger partial charge in [0.25, 0.3) is 0 Å². The van der Waals surface area contributed by atoms with Gasteiger partial charge in [0.2, 0.25) is 0 Å². The average molecular weight is 895 g/mol. The average Bonchev–Trinajstić information content (AvgIpc) is 3.75. The highest BCUT2D eigenvalue weighted by molar-refractivity contribution is 14.1. The summed E-state index contributed by atoms with van der Waals surface area (Å²) in [4.78, 5) is 0.715. The zero-order valence-corrected chi connectivity index (χ0v) is 35.2. The van der Waals surface area contributed by atoms with Crippen LogP contribution in [0.5, 0.6) is 0 Å². The molecule has 4 aliphatic rings. The highest BCUT2D eigenvalue weighted by Crippen LogP contribution is 2.45. The summed E-state index contributed by atoms with van der Waals surface area (Å²) in [6, 6.07) is 17.1. The first kappa shape index (κ1) is 43.0. The Hall–Kier alpha value is -2.09. The van der Waals surface area contributed by atoms with Gasteiger partial charge in [0, 0.05) is 30.1 Å². The number of ether oxygens (including phenoxy) is 4. The molecule has 0 radical (unpaired) electrons. The van der Waals surface area contributed by atoms with Crippen molar-refractivity contribution in [3.8, 4) is 0 Å². The summed E-state index contributed by atoms with van der Waals surface area (Å²) in [7, 11) is -6.62. The van der Waals surface area contributed by atoms with Gasteiger partial charge in [0.1, 0.15) is 11.2 Å². The van der Waals surface area contributed by atoms with Crippen molar-refractivity contribution in [2.24, 2.45) is 0 Å². The van der Waals surface area contributed by atoms with Gasteiger partial charge in [-0.1, -0.05) is 72.1 Å². The summed E-state index contributed by atoms with van der Waals surface area (Å²) >= 11 is 2.37. The van der Waals surface area contributed by atoms with Crippen LogP contribution in [0, 0.1) is 0 Å². The molecular formula is C42H55IO9S2. The number of sulfone groups is 2. The fourth-order valence-electron chi connectivity index (χ4n) is 8.10. The van der Waals surface area contributed by atoms with Crippen molar-refractivity contribution >= 4 is 42.3 Å². The Balaban J connectivity index is 0.000000208. The van der Waals surface area contributed by atoms with Crippen LogP contribution in [-0.4, -0.2) is 92.3 Å². The van der Waals surface area contributed by atoms with Crippen molar-refractivity contribution in [1.82, 2.24) is 0 Å². The van der Waals surface area contributed by atoms with Crippen LogP contribution in [0.25, 0.3) is 0 Å². The zero-order chi connectivity index (χ0) is 39.0. The van der Waals surface area contributed by atoms with E-state index in [2.05, 4.69) is 47.2 Å². The van der Waals surface area contributed by atoms with E-state index in [1.165, 1.54) is 0 Å². The molecule has 0 aromatic heterocycles. The van der Waals surface area contributed by atoms with Gasteiger partial charge >= 0.3 is 0 Å². The number of alkyl halides is 1. The number of benzene rings is 2. The lowest BCUT2D eigenvalue weighted by atomic mass is 9.86. The quantitative estimate of drug-likeness (QED) is 0.117. The Morgan fingerprint density at radius 1 is 0.704 bits per heavy atom. The first-order chi connectivity index (χ1) is 25.8. The number of halogens is 1. The van der Waals surface area contributed by atoms with Crippen LogP contribution in [0.4, 0.5) is 0 Å². The SMILES string of the molecule is C=C=C(C)CC1CC[C@@H]2O[C@@H](CCS(=O)(=O)c3ccccc3)C[C@]2(CI)O1.C=C=C(C)CC1CC[C@@H]2O[C@@H](CCS(=O)(=O)c3ccccc3)C[C@]2(CO)O1. The van der Waals surface area contributed by atoms with Gasteiger partial charge in [-0.05, 0) is 87.8 Å². The summed E-state index contributed by atoms with van der Waals surface area (Å²) in [5.41, 5.74) is 6.97. The molecular weight excluding hydrogens is 839 g/mol. The molecule has 2 aromatic carbocycles. The standard InChI is InChI=1S/C21H27IO4S.C21H28O5S/c2*1-3-16(2)13-17-9-10-20-21(15-22,26-17)14-18(25-20)11-12-27(23,24)19-7-5-4-6-8-19/h4-8,17-18,20H,1,9-15H2,2H3;4-8,17-18,20,22H,1,9-15H2,2H3/t2*17?,18-,20-,21+/m00/s1. The minimum absolute atomic E-state index is 0.0121. The molecule has 0 saturated carbocycles. The van der Waals surface area contributed by atoms with Crippen molar-refractivity contribution in [3.05, 3.63) is 96.4 Å². The summed E-state index contributed by atoms with van der Waals surface area (Å²) in [5, 5.41) is 10.0. The van der Waals surface area contributed by atoms with Crippen molar-refractivity contribution in [2.45, 2.75) is 136 Å². The lowest BCUT2D eigenvalue weighted by Gasteiger charge is -2.41. The summed E-state index contributed by atoms with van der Waals surface area (Å²) in [6.45, 7) is 11.3. The molecule has 0 aliphatic carbocycles. The van der Waals surface area contributed by atoms with E-state index in [9.17, 15) is 21.9 Å². The molecule has 0 amide bonds. The second-order valence-electron chi connectivity index (χ2n) is 15.1. The van der Waals surface area contributed by atoms with E-state index in [1.807, 2.05) is 19.9 Å². The maximum Gasteiger partial charge on any atom is 0.178 e. The molecule has 1 N–H and O–H groups in total. The molecule has 4 fully saturated rings. The second kappa shape index (κ2) is 18.9. The van der Waals surface area contributed by atoms with Crippen LogP contribution >= 0.6 is 22.6 Å². The Morgan fingerprint density at radius 2 is 1.11 bits per heavy atom. The van der Waals surface area contributed by atoms with Crippen LogP contribution in [0.15, 0.2) is 106 Å². The van der Waals surface area contributed by atoms with Crippen molar-refractivity contribution < 1.29 is 40.9 Å². The Morgan fingerprint density at radius 3 is 1.52 bits per heavy atom. The molecule has 4 heterocycles. The maximum absolute atomic E-state index is 12.6. The highest BCUT2D eigenvalue weighted by Gasteiger charge is 2.53. The fourth-order valence-corrected chi connectivity index (χ4v) is 11.8. The van der Waals surface area contributed by atoms with E-state index in [-0.39, 0.29) is 60.3 Å². The molecule has 4 aliphatic heterocycles. The van der Waals surface area contributed by atoms with Gasteiger partial charge in [-0.2, -0.15) is 0 Å². The van der Waals surface area contributed by atoms with Gasteiger partial charge in [-0.15, -0.1) is 11.5 Å². The predicted octanol–water partition coefficient (Wildman–Crippen LogP) is 7.52. The third-order valence-corrected chi connectivity index (χ3v) is 15.9. The van der Waals surface area contributed by atoms with E-state index in [1.54, 1.807) is 54.6 Å². The van der Waals surface area contributed by atoms with Gasteiger partial charge < -0.3 is 24.1 Å². The summed E-state index contributed by atoms with van der Waals surface area (Å²) in [6.07, 6.45) is 7.10. The number of rotatable bonds is 14. The molecule has 8 atom stereocenters. The monoisotopic (exact) mass is 894 g/mol. The Kier molecular flexibility index (Phi) is 15.1. The normalized spacial score (nSPS) is 30.5. The van der Waals surface area contributed by atoms with Crippen molar-refractivity contribution in [2.75, 3.05) is 22.5 Å². The van der Waals surface area contributed by atoms with Crippen LogP contribution in [0.3, 0.4) is 0 Å². The minimum atomic E-state index is -3.34. The number of hydrogen-bond donors (Lipinski definition) is 1. The third kappa shape index (κ3) is 10.6. The lowest BCUT2D eigenvalue weighted by Crippen LogP contribution is -2.51. The molecule has 0 spiro atoms. The van der Waals surface area contributed by atoms with Crippen LogP contribution < -0.4 is 0 Å². The minimum Gasteiger partial charge on any atom is -0.393 e. The van der Waals surface area contributed by atoms with Crippen molar-refractivity contribution in [1.29, 1.82) is 0 Å². The first-order valence-electron chi connectivity index (χ1n) is 18.9. The number of aliphatic hydroxyl groups is 1. The van der Waals surface area contributed by atoms with Gasteiger partial charge in [-0.25, -0.2) is 16.8 Å². The Bertz CT molecular complexity index is 1740. The van der Waals surface area contributed by atoms with E-state index in [0.717, 1.165) is 60.5 Å². The molecule has 296 valence electrons. The van der Waals surface area contributed by atoms with E-state index >= 15 is 0 Å². The van der Waals surface area contributed by atoms with Crippen LogP contribution in [-0.2, 0) is 38.6 Å². The summed E-state index contributed by atoms with van der Waals surface area (Å²) in [5.74, 6) is 0.130. The van der Waals surface area contributed by atoms with Crippen LogP contribution in [0.1, 0.15) is 78.1 Å². The lowest BCUT2D eigenvalue weighted by molar-refractivity contribution is -0.181. The second-order valence-corrected chi connectivity index (χ2v) is 20.1. The van der Waals surface area contributed by atoms with E-state index in [4.69, 9.17) is 18.9 Å². The van der Waals surface area contributed by atoms with E-state index in [0.29, 0.717) is 29.1 Å². The molecule has 2 aromatic rings. The first-order valence-corrected chi connectivity index (χ1v) is 23.7. The largest absolute Gasteiger partial charge is 0.393 e. The smallest absolute Gasteiger partial charge is 0.178 e. The van der Waals surface area contributed by atoms with Crippen LogP contribution in [0.2, 0.25) is 0 Å². The van der Waals surface area contributed by atoms with Crippen molar-refractivity contribution in [3.63, 3.8) is 0 Å². The van der Waals surface area contributed by atoms with E-state index < -0.39 is 25.3 Å². The fraction of sp³-hybridized carbons (Fsp3) is 0.571. The molecule has 54 heavy (non-hydrogen) atoms. The molecule has 0 bridgehead atoms. The van der Waals surface area contributed by atoms with Gasteiger partial charge in [0.15, 0.2) is 19.7 Å². The molecule has 2 unspecified atom stereocenters. The Labute approximate surface area is 335 Å². The number of aliphatic hydroxyl groups excluding tert-OH is 1. The summed E-state index contributed by atoms with van der Waals surface area (Å²) < 4.78 is 76.1. The number of hydrogen-bond acceptors (Lipinski definition) is 9. The molecule has 4 saturated heterocycles. The maximum atomic E-state index is 12.6. The third-order valence-electron chi connectivity index (χ3n) is 11.1. The number of fused-ring (bicyclic) bond motifs is 2. The van der Waals surface area contributed by atoms with Gasteiger partial charge in [-0.3, -0.25) is 0 Å². The highest BCUT2D eigenvalue weighted by atomic mass is 127. The molecule has 6 rings (SSSR count). The van der Waals surface area contributed by atoms with Gasteiger partial charge in [0.05, 0.1) is 64.5 Å².